The molecule has 0 spiro atoms. The Kier molecular flexibility index (Phi) is 3.72. The summed E-state index contributed by atoms with van der Waals surface area (Å²) in [4.78, 5) is 13.9. The van der Waals surface area contributed by atoms with E-state index in [-0.39, 0.29) is 18.3 Å². The van der Waals surface area contributed by atoms with Gasteiger partial charge in [0.1, 0.15) is 0 Å². The van der Waals surface area contributed by atoms with Crippen molar-refractivity contribution in [3.05, 3.63) is 41.2 Å². The van der Waals surface area contributed by atoms with E-state index >= 15 is 0 Å². The van der Waals surface area contributed by atoms with Gasteiger partial charge in [-0.15, -0.1) is 0 Å². The summed E-state index contributed by atoms with van der Waals surface area (Å²) in [5, 5.41) is 0. The first-order chi connectivity index (χ1) is 9.74. The Morgan fingerprint density at radius 2 is 1.75 bits per heavy atom. The predicted octanol–water partition coefficient (Wildman–Crippen LogP) is 2.92. The number of hydrogen-bond acceptors (Lipinski definition) is 2. The second kappa shape index (κ2) is 5.65. The first-order valence-corrected chi connectivity index (χ1v) is 7.09. The van der Waals surface area contributed by atoms with Crippen molar-refractivity contribution in [2.75, 3.05) is 19.7 Å². The molecule has 0 radical (unpaired) electrons. The van der Waals surface area contributed by atoms with Gasteiger partial charge in [-0.3, -0.25) is 4.79 Å². The summed E-state index contributed by atoms with van der Waals surface area (Å²) in [5.74, 6) is -0.355. The van der Waals surface area contributed by atoms with Crippen LogP contribution in [0.1, 0.15) is 25.7 Å². The zero-order valence-corrected chi connectivity index (χ0v) is 11.4. The molecule has 3 nitrogen and oxygen atoms in total. The second-order valence-electron chi connectivity index (χ2n) is 5.31. The number of rotatable bonds is 3. The molecule has 1 aromatic carbocycles. The molecule has 1 aliphatic carbocycles. The molecule has 1 saturated carbocycles. The molecule has 0 unspecified atom stereocenters. The molecule has 3 rings (SSSR count). The maximum atomic E-state index is 13.4. The highest BCUT2D eigenvalue weighted by Crippen LogP contribution is 2.36. The zero-order valence-electron chi connectivity index (χ0n) is 11.4. The van der Waals surface area contributed by atoms with Crippen LogP contribution in [0.5, 0.6) is 5.75 Å². The topological polar surface area (TPSA) is 29.5 Å². The van der Waals surface area contributed by atoms with Crippen molar-refractivity contribution in [3.8, 4) is 5.75 Å². The number of carbonyl (C=O) groups excluding carboxylic acids is 1. The van der Waals surface area contributed by atoms with E-state index in [1.807, 2.05) is 4.90 Å². The Balaban J connectivity index is 1.50. The number of carbonyl (C=O) groups is 1. The predicted molar refractivity (Wildman–Crippen MR) is 74.0 cm³/mol. The van der Waals surface area contributed by atoms with Crippen molar-refractivity contribution in [2.24, 2.45) is 0 Å². The molecule has 2 aliphatic rings. The minimum atomic E-state index is -0.431. The number of hydrogen-bond donors (Lipinski definition) is 0. The summed E-state index contributed by atoms with van der Waals surface area (Å²) in [6.45, 7) is 1.43. The molecular formula is C16H18FNO2. The van der Waals surface area contributed by atoms with Gasteiger partial charge in [-0.2, -0.15) is 0 Å². The second-order valence-corrected chi connectivity index (χ2v) is 5.31. The Hall–Kier alpha value is -1.84. The van der Waals surface area contributed by atoms with E-state index in [9.17, 15) is 9.18 Å². The largest absolute Gasteiger partial charge is 0.481 e. The quantitative estimate of drug-likeness (QED) is 0.794. The number of likely N-dealkylation sites (tertiary alicyclic amines) is 1. The van der Waals surface area contributed by atoms with Gasteiger partial charge in [-0.25, -0.2) is 4.39 Å². The van der Waals surface area contributed by atoms with Gasteiger partial charge in [0, 0.05) is 13.1 Å². The number of nitrogens with zero attached hydrogens (tertiary/aromatic N) is 1. The third kappa shape index (κ3) is 3.00. The lowest BCUT2D eigenvalue weighted by Gasteiger charge is -2.28. The van der Waals surface area contributed by atoms with Crippen LogP contribution in [-0.2, 0) is 4.79 Å². The molecule has 0 bridgehead atoms. The normalized spacial score (nSPS) is 18.1. The van der Waals surface area contributed by atoms with Gasteiger partial charge in [0.2, 0.25) is 0 Å². The number of benzene rings is 1. The van der Waals surface area contributed by atoms with Gasteiger partial charge in [-0.05, 0) is 37.8 Å². The van der Waals surface area contributed by atoms with Crippen molar-refractivity contribution in [3.63, 3.8) is 0 Å². The molecule has 1 amide bonds. The van der Waals surface area contributed by atoms with Gasteiger partial charge < -0.3 is 9.64 Å². The Bertz CT molecular complexity index is 537. The van der Waals surface area contributed by atoms with E-state index < -0.39 is 5.82 Å². The summed E-state index contributed by atoms with van der Waals surface area (Å²) >= 11 is 0. The molecular weight excluding hydrogens is 257 g/mol. The lowest BCUT2D eigenvalue weighted by Crippen LogP contribution is -2.39. The average molecular weight is 275 g/mol. The van der Waals surface area contributed by atoms with Crippen LogP contribution in [0.25, 0.3) is 0 Å². The van der Waals surface area contributed by atoms with Crippen molar-refractivity contribution < 1.29 is 13.9 Å². The highest BCUT2D eigenvalue weighted by molar-refractivity contribution is 5.78. The molecule has 1 aromatic rings. The van der Waals surface area contributed by atoms with Crippen LogP contribution in [0.2, 0.25) is 0 Å². The van der Waals surface area contributed by atoms with E-state index in [0.29, 0.717) is 0 Å². The third-order valence-corrected chi connectivity index (χ3v) is 3.91. The number of halogens is 1. The summed E-state index contributed by atoms with van der Waals surface area (Å²) in [6.07, 6.45) is 4.47. The fourth-order valence-corrected chi connectivity index (χ4v) is 2.59. The molecule has 20 heavy (non-hydrogen) atoms. The summed E-state index contributed by atoms with van der Waals surface area (Å²) in [6, 6.07) is 6.16. The summed E-state index contributed by atoms with van der Waals surface area (Å²) in [7, 11) is 0. The minimum absolute atomic E-state index is 0.0619. The summed E-state index contributed by atoms with van der Waals surface area (Å²) < 4.78 is 18.6. The van der Waals surface area contributed by atoms with Gasteiger partial charge in [0.05, 0.1) is 0 Å². The molecule has 2 fully saturated rings. The van der Waals surface area contributed by atoms with Crippen LogP contribution in [0.3, 0.4) is 0 Å². The van der Waals surface area contributed by atoms with Crippen LogP contribution >= 0.6 is 0 Å². The van der Waals surface area contributed by atoms with Gasteiger partial charge in [-0.1, -0.05) is 23.3 Å². The lowest BCUT2D eigenvalue weighted by atomic mass is 10.0. The molecule has 0 aromatic heterocycles. The van der Waals surface area contributed by atoms with E-state index in [2.05, 4.69) is 0 Å². The van der Waals surface area contributed by atoms with Crippen LogP contribution in [0.15, 0.2) is 35.4 Å². The van der Waals surface area contributed by atoms with Crippen molar-refractivity contribution >= 4 is 5.91 Å². The summed E-state index contributed by atoms with van der Waals surface area (Å²) in [5.41, 5.74) is 3.14. The van der Waals surface area contributed by atoms with Crippen LogP contribution < -0.4 is 4.74 Å². The monoisotopic (exact) mass is 275 g/mol. The van der Waals surface area contributed by atoms with Crippen LogP contribution in [-0.4, -0.2) is 30.5 Å². The fraction of sp³-hybridized carbons (Fsp3) is 0.438. The zero-order chi connectivity index (χ0) is 13.9. The first-order valence-electron chi connectivity index (χ1n) is 7.09. The molecule has 0 atom stereocenters. The molecule has 1 heterocycles. The molecule has 1 saturated heterocycles. The van der Waals surface area contributed by atoms with Crippen LogP contribution in [0, 0.1) is 5.82 Å². The number of piperidine rings is 1. The first kappa shape index (κ1) is 13.2. The van der Waals surface area contributed by atoms with Gasteiger partial charge in [0.15, 0.2) is 18.2 Å². The fourth-order valence-electron chi connectivity index (χ4n) is 2.59. The number of para-hydroxylation sites is 1. The molecule has 0 N–H and O–H groups in total. The van der Waals surface area contributed by atoms with Crippen molar-refractivity contribution in [2.45, 2.75) is 25.7 Å². The number of ether oxygens (including phenoxy) is 1. The standard InChI is InChI=1S/C16H18FNO2/c17-14-3-1-2-4-15(14)20-11-16(19)18-9-7-13(8-10-18)12-5-6-12/h1-4H,5-11H2. The Morgan fingerprint density at radius 1 is 1.10 bits per heavy atom. The smallest absolute Gasteiger partial charge is 0.260 e. The van der Waals surface area contributed by atoms with Gasteiger partial charge >= 0.3 is 0 Å². The van der Waals surface area contributed by atoms with Crippen molar-refractivity contribution in [1.82, 2.24) is 4.90 Å². The van der Waals surface area contributed by atoms with E-state index in [4.69, 9.17) is 4.74 Å². The maximum Gasteiger partial charge on any atom is 0.260 e. The lowest BCUT2D eigenvalue weighted by molar-refractivity contribution is -0.133. The highest BCUT2D eigenvalue weighted by atomic mass is 19.1. The SMILES string of the molecule is O=C(COc1ccccc1F)N1CCC(=C2CC2)CC1. The van der Waals surface area contributed by atoms with E-state index in [1.54, 1.807) is 23.3 Å². The number of amides is 1. The Morgan fingerprint density at radius 3 is 2.40 bits per heavy atom. The molecule has 106 valence electrons. The van der Waals surface area contributed by atoms with E-state index in [0.717, 1.165) is 25.9 Å². The van der Waals surface area contributed by atoms with E-state index in [1.165, 1.54) is 25.0 Å². The highest BCUT2D eigenvalue weighted by Gasteiger charge is 2.24. The third-order valence-electron chi connectivity index (χ3n) is 3.91. The van der Waals surface area contributed by atoms with Gasteiger partial charge in [0.25, 0.3) is 5.91 Å². The molecule has 4 heteroatoms. The number of allylic oxidation sites excluding steroid dienone is 1. The minimum Gasteiger partial charge on any atom is -0.481 e. The molecule has 1 aliphatic heterocycles. The van der Waals surface area contributed by atoms with Crippen molar-refractivity contribution in [1.29, 1.82) is 0 Å². The maximum absolute atomic E-state index is 13.4. The average Bonchev–Trinajstić information content (AvgIpc) is 3.31. The Labute approximate surface area is 118 Å². The van der Waals surface area contributed by atoms with Crippen LogP contribution in [0.4, 0.5) is 4.39 Å².